The average Bonchev–Trinajstić information content (AvgIpc) is 1.12. The Morgan fingerprint density at radius 1 is 0.833 bits per heavy atom. The monoisotopic (exact) mass is 317 g/mol. The summed E-state index contributed by atoms with van der Waals surface area (Å²) in [6.07, 6.45) is 0. The zero-order chi connectivity index (χ0) is 9.00. The second-order valence-electron chi connectivity index (χ2n) is 0.774. The van der Waals surface area contributed by atoms with Gasteiger partial charge in [0.25, 0.3) is 0 Å². The van der Waals surface area contributed by atoms with E-state index in [-0.39, 0.29) is 103 Å². The van der Waals surface area contributed by atoms with Gasteiger partial charge in [0, 0.05) is 0 Å². The van der Waals surface area contributed by atoms with Crippen molar-refractivity contribution in [2.75, 3.05) is 0 Å². The molecule has 0 aromatic heterocycles. The Labute approximate surface area is 156 Å². The fraction of sp³-hybridized carbons (Fsp3) is 0. The van der Waals surface area contributed by atoms with Gasteiger partial charge in [-0.05, 0) is 0 Å². The Bertz CT molecular complexity index is 290. The summed E-state index contributed by atoms with van der Waals surface area (Å²) in [5, 5.41) is 0. The van der Waals surface area contributed by atoms with Crippen LogP contribution in [-0.2, 0) is 45.5 Å². The van der Waals surface area contributed by atoms with Crippen LogP contribution in [0.25, 0.3) is 0 Å². The van der Waals surface area contributed by atoms with Crippen LogP contribution in [0.15, 0.2) is 0 Å². The molecular formula is HK2Mn2O8. The van der Waals surface area contributed by atoms with Crippen LogP contribution in [0.1, 0.15) is 0 Å². The summed E-state index contributed by atoms with van der Waals surface area (Å²) < 4.78 is 67.4. The van der Waals surface area contributed by atoms with E-state index in [0.29, 0.717) is 0 Å². The molecule has 0 aliphatic rings. The molecule has 0 rings (SSSR count). The van der Waals surface area contributed by atoms with Gasteiger partial charge in [-0.1, -0.05) is 0 Å². The molecule has 0 fully saturated rings. The molecule has 0 amide bonds. The SMILES string of the molecule is [K+].[K+].[O]=[Mn](=[O])(=[O])[O-].[O]=[Mn](=[O])([O-])[OH]. The van der Waals surface area contributed by atoms with E-state index in [2.05, 4.69) is 0 Å². The fourth-order valence-corrected chi connectivity index (χ4v) is 0. The minimum atomic E-state index is -5.62. The van der Waals surface area contributed by atoms with Gasteiger partial charge in [0.2, 0.25) is 0 Å². The number of hydrogen-bond donors (Lipinski definition) is 1. The predicted molar refractivity (Wildman–Crippen MR) is 5.65 cm³/mol. The standard InChI is InChI=1S/2K.2Mn.H2O.7O/h;;;;1H2;;;;;;;/q2*+1;;+1;;;;;;;2*-1/p-1. The maximum atomic E-state index is 8.69. The summed E-state index contributed by atoms with van der Waals surface area (Å²) in [4.78, 5) is 0. The van der Waals surface area contributed by atoms with Gasteiger partial charge in [0.05, 0.1) is 0 Å². The Balaban J connectivity index is -0.0000000457. The first kappa shape index (κ1) is 24.4. The predicted octanol–water partition coefficient (Wildman–Crippen LogP) is -9.53. The van der Waals surface area contributed by atoms with Crippen LogP contribution in [0.3, 0.4) is 0 Å². The van der Waals surface area contributed by atoms with Crippen molar-refractivity contribution in [1.29, 1.82) is 0 Å². The third-order valence-corrected chi connectivity index (χ3v) is 0. The van der Waals surface area contributed by atoms with Gasteiger partial charge in [0.15, 0.2) is 0 Å². The summed E-state index contributed by atoms with van der Waals surface area (Å²) >= 11 is -11.0. The van der Waals surface area contributed by atoms with Crippen molar-refractivity contribution in [1.82, 2.24) is 0 Å². The molecule has 8 nitrogen and oxygen atoms in total. The van der Waals surface area contributed by atoms with Crippen molar-refractivity contribution in [3.05, 3.63) is 0 Å². The second-order valence-corrected chi connectivity index (χ2v) is 3.19. The molecule has 12 heteroatoms. The van der Waals surface area contributed by atoms with Crippen LogP contribution in [0.5, 0.6) is 0 Å². The number of rotatable bonds is 0. The Hall–Kier alpha value is 3.19. The molecule has 0 unspecified atom stereocenters. The van der Waals surface area contributed by atoms with Crippen molar-refractivity contribution in [3.8, 4) is 0 Å². The van der Waals surface area contributed by atoms with E-state index in [1.807, 2.05) is 0 Å². The zero-order valence-electron chi connectivity index (χ0n) is 6.06. The fourth-order valence-electron chi connectivity index (χ4n) is 0. The van der Waals surface area contributed by atoms with Gasteiger partial charge in [-0.3, -0.25) is 0 Å². The van der Waals surface area contributed by atoms with Gasteiger partial charge in [0.1, 0.15) is 0 Å². The third-order valence-electron chi connectivity index (χ3n) is 0. The third kappa shape index (κ3) is 192. The van der Waals surface area contributed by atoms with Crippen LogP contribution in [-0.4, -0.2) is 4.19 Å². The Morgan fingerprint density at radius 3 is 0.833 bits per heavy atom. The summed E-state index contributed by atoms with van der Waals surface area (Å²) in [7, 11) is 0. The van der Waals surface area contributed by atoms with Gasteiger partial charge < -0.3 is 0 Å². The van der Waals surface area contributed by atoms with Crippen molar-refractivity contribution >= 4 is 0 Å². The molecule has 0 saturated heterocycles. The van der Waals surface area contributed by atoms with Gasteiger partial charge in [-0.2, -0.15) is 0 Å². The van der Waals surface area contributed by atoms with E-state index in [4.69, 9.17) is 31.7 Å². The van der Waals surface area contributed by atoms with Crippen LogP contribution in [0.2, 0.25) is 0 Å². The molecule has 0 atom stereocenters. The van der Waals surface area contributed by atoms with E-state index in [1.165, 1.54) is 0 Å². The van der Waals surface area contributed by atoms with Crippen molar-refractivity contribution in [2.24, 2.45) is 0 Å². The van der Waals surface area contributed by atoms with E-state index in [1.54, 1.807) is 0 Å². The Morgan fingerprint density at radius 2 is 0.833 bits per heavy atom. The second kappa shape index (κ2) is 10.7. The number of hydrogen-bond acceptors (Lipinski definition) is 7. The van der Waals surface area contributed by atoms with E-state index in [0.717, 1.165) is 0 Å². The van der Waals surface area contributed by atoms with Gasteiger partial charge in [-0.15, -0.1) is 0 Å². The van der Waals surface area contributed by atoms with Crippen LogP contribution in [0.4, 0.5) is 0 Å². The molecule has 65 valence electrons. The topological polar surface area (TPSA) is 152 Å². The minimum absolute atomic E-state index is 0. The van der Waals surface area contributed by atoms with Gasteiger partial charge in [-0.25, -0.2) is 0 Å². The molecule has 0 aliphatic heterocycles. The molecular weight excluding hydrogens is 316 g/mol. The van der Waals surface area contributed by atoms with E-state index < -0.39 is 26.3 Å². The average molecular weight is 317 g/mol. The van der Waals surface area contributed by atoms with E-state index >= 15 is 0 Å². The summed E-state index contributed by atoms with van der Waals surface area (Å²) in [5.41, 5.74) is 0. The summed E-state index contributed by atoms with van der Waals surface area (Å²) in [6, 6.07) is 0. The van der Waals surface area contributed by atoms with Gasteiger partial charge >= 0.3 is 161 Å². The van der Waals surface area contributed by atoms with Crippen molar-refractivity contribution in [3.63, 3.8) is 0 Å². The molecule has 1 N–H and O–H groups in total. The summed E-state index contributed by atoms with van der Waals surface area (Å²) in [5.74, 6) is 0. The normalized spacial score (nSPS) is 9.58. The summed E-state index contributed by atoms with van der Waals surface area (Å²) in [6.45, 7) is 0. The molecule has 0 radical (unpaired) electrons. The van der Waals surface area contributed by atoms with Crippen molar-refractivity contribution < 1.29 is 161 Å². The van der Waals surface area contributed by atoms with Crippen LogP contribution in [0, 0.1) is 0 Å². The van der Waals surface area contributed by atoms with E-state index in [9.17, 15) is 0 Å². The van der Waals surface area contributed by atoms with Crippen molar-refractivity contribution in [2.45, 2.75) is 0 Å². The maximum absolute atomic E-state index is 8.69. The molecule has 0 aromatic rings. The first-order valence-corrected chi connectivity index (χ1v) is 5.15. The molecule has 0 aliphatic carbocycles. The molecule has 12 heavy (non-hydrogen) atoms. The van der Waals surface area contributed by atoms with Crippen LogP contribution < -0.4 is 111 Å². The molecule has 0 aromatic carbocycles. The first-order valence-electron chi connectivity index (χ1n) is 1.25. The first-order chi connectivity index (χ1) is 4.00. The quantitative estimate of drug-likeness (QED) is 0.432. The Kier molecular flexibility index (Phi) is 21.8. The zero-order valence-corrected chi connectivity index (χ0v) is 14.7. The molecule has 0 spiro atoms. The molecule has 0 saturated carbocycles. The van der Waals surface area contributed by atoms with Crippen LogP contribution >= 0.6 is 0 Å². The molecule has 0 bridgehead atoms. The molecule has 0 heterocycles.